The summed E-state index contributed by atoms with van der Waals surface area (Å²) >= 11 is 0. The first-order valence-corrected chi connectivity index (χ1v) is 11.9. The van der Waals surface area contributed by atoms with E-state index in [1.807, 2.05) is 0 Å². The average Bonchev–Trinajstić information content (AvgIpc) is 3.04. The zero-order chi connectivity index (χ0) is 22.1. The highest BCUT2D eigenvalue weighted by Crippen LogP contribution is 2.59. The highest BCUT2D eigenvalue weighted by atomic mass is 16.3. The summed E-state index contributed by atoms with van der Waals surface area (Å²) in [6.45, 7) is 17.4. The lowest BCUT2D eigenvalue weighted by Crippen LogP contribution is -2.35. The molecule has 0 amide bonds. The molecule has 0 spiro atoms. The van der Waals surface area contributed by atoms with Crippen molar-refractivity contribution in [2.45, 2.75) is 84.8 Å². The molecule has 2 unspecified atom stereocenters. The minimum atomic E-state index is -0.611. The molecule has 2 heteroatoms. The van der Waals surface area contributed by atoms with Gasteiger partial charge in [-0.15, -0.1) is 0 Å². The van der Waals surface area contributed by atoms with E-state index in [-0.39, 0.29) is 0 Å². The lowest BCUT2D eigenvalue weighted by Gasteiger charge is -2.44. The van der Waals surface area contributed by atoms with Crippen LogP contribution < -0.4 is 0 Å². The zero-order valence-corrected chi connectivity index (χ0v) is 19.5. The van der Waals surface area contributed by atoms with Crippen molar-refractivity contribution in [1.29, 1.82) is 0 Å². The maximum absolute atomic E-state index is 10.1. The first kappa shape index (κ1) is 23.3. The first-order chi connectivity index (χ1) is 14.1. The van der Waals surface area contributed by atoms with E-state index >= 15 is 0 Å². The number of fused-ring (bicyclic) bond motifs is 1. The van der Waals surface area contributed by atoms with Crippen molar-refractivity contribution in [3.05, 3.63) is 59.8 Å². The smallest absolute Gasteiger partial charge is 0.0811 e. The molecule has 3 aliphatic carbocycles. The van der Waals surface area contributed by atoms with Gasteiger partial charge in [-0.2, -0.15) is 0 Å². The molecule has 0 aromatic heterocycles. The van der Waals surface area contributed by atoms with Gasteiger partial charge in [0.25, 0.3) is 0 Å². The van der Waals surface area contributed by atoms with Crippen molar-refractivity contribution < 1.29 is 10.2 Å². The van der Waals surface area contributed by atoms with E-state index in [1.54, 1.807) is 5.57 Å². The standard InChI is InChI=1S/C28H42O2/c1-18(2)19(3)9-10-20(4)25-13-14-26-22(8-7-15-28(25,26)6)11-12-23-16-24(29)17-27(30)21(23)5/h9-12,19-20,24-27,29-30H,1,5,7-8,13-17H2,2-4,6H3/b10-9+,22-11-,23-12+/t19-,20+,24+,25?,26?,27-,28+/m0/s1. The molecule has 3 fully saturated rings. The van der Waals surface area contributed by atoms with Crippen LogP contribution in [0.1, 0.15) is 72.6 Å². The van der Waals surface area contributed by atoms with Crippen LogP contribution in [0, 0.1) is 29.1 Å². The third kappa shape index (κ3) is 4.75. The molecule has 0 aromatic carbocycles. The SMILES string of the molecule is C=C(C)[C@@H](C)/C=C/[C@@H](C)C1CCC2/C(=C\C=C3/C[C@@H](O)C[C@H](O)C3=C)CCC[C@@]21C. The normalized spacial score (nSPS) is 39.5. The summed E-state index contributed by atoms with van der Waals surface area (Å²) in [5.74, 6) is 2.40. The summed E-state index contributed by atoms with van der Waals surface area (Å²) in [6, 6.07) is 0. The fraction of sp³-hybridized carbons (Fsp3) is 0.643. The molecule has 7 atom stereocenters. The van der Waals surface area contributed by atoms with Crippen molar-refractivity contribution >= 4 is 0 Å². The summed E-state index contributed by atoms with van der Waals surface area (Å²) in [5, 5.41) is 20.2. The van der Waals surface area contributed by atoms with Crippen LogP contribution >= 0.6 is 0 Å². The zero-order valence-electron chi connectivity index (χ0n) is 19.5. The van der Waals surface area contributed by atoms with Crippen LogP contribution in [-0.4, -0.2) is 22.4 Å². The second-order valence-corrected chi connectivity index (χ2v) is 10.5. The Labute approximate surface area is 184 Å². The van der Waals surface area contributed by atoms with Gasteiger partial charge in [-0.05, 0) is 85.7 Å². The van der Waals surface area contributed by atoms with Gasteiger partial charge in [0, 0.05) is 6.42 Å². The van der Waals surface area contributed by atoms with Crippen LogP contribution in [0.15, 0.2) is 59.8 Å². The number of aliphatic hydroxyl groups is 2. The third-order valence-corrected chi connectivity index (χ3v) is 8.42. The second kappa shape index (κ2) is 9.40. The van der Waals surface area contributed by atoms with Crippen LogP contribution in [0.2, 0.25) is 0 Å². The summed E-state index contributed by atoms with van der Waals surface area (Å²) < 4.78 is 0. The lowest BCUT2D eigenvalue weighted by molar-refractivity contribution is 0.0862. The van der Waals surface area contributed by atoms with Gasteiger partial charge in [0.15, 0.2) is 0 Å². The van der Waals surface area contributed by atoms with E-state index in [0.29, 0.717) is 36.0 Å². The first-order valence-electron chi connectivity index (χ1n) is 11.9. The molecule has 30 heavy (non-hydrogen) atoms. The molecule has 0 aromatic rings. The van der Waals surface area contributed by atoms with Gasteiger partial charge in [-0.25, -0.2) is 0 Å². The largest absolute Gasteiger partial charge is 0.393 e. The average molecular weight is 411 g/mol. The van der Waals surface area contributed by atoms with Crippen molar-refractivity contribution in [3.63, 3.8) is 0 Å². The highest BCUT2D eigenvalue weighted by Gasteiger charge is 2.50. The molecular formula is C28H42O2. The van der Waals surface area contributed by atoms with Crippen molar-refractivity contribution in [2.24, 2.45) is 29.1 Å². The monoisotopic (exact) mass is 410 g/mol. The van der Waals surface area contributed by atoms with Gasteiger partial charge in [0.1, 0.15) is 0 Å². The molecule has 0 saturated heterocycles. The van der Waals surface area contributed by atoms with Crippen LogP contribution in [0.4, 0.5) is 0 Å². The van der Waals surface area contributed by atoms with Crippen LogP contribution in [0.3, 0.4) is 0 Å². The fourth-order valence-electron chi connectivity index (χ4n) is 6.25. The van der Waals surface area contributed by atoms with Crippen LogP contribution in [0.5, 0.6) is 0 Å². The number of hydrogen-bond acceptors (Lipinski definition) is 2. The second-order valence-electron chi connectivity index (χ2n) is 10.5. The summed E-state index contributed by atoms with van der Waals surface area (Å²) in [5.41, 5.74) is 4.95. The molecule has 0 radical (unpaired) electrons. The van der Waals surface area contributed by atoms with Crippen molar-refractivity contribution in [3.8, 4) is 0 Å². The molecule has 0 heterocycles. The van der Waals surface area contributed by atoms with E-state index in [1.165, 1.54) is 37.7 Å². The molecule has 0 aliphatic heterocycles. The van der Waals surface area contributed by atoms with Gasteiger partial charge in [0.2, 0.25) is 0 Å². The quantitative estimate of drug-likeness (QED) is 0.506. The lowest BCUT2D eigenvalue weighted by atomic mass is 9.61. The van der Waals surface area contributed by atoms with Crippen molar-refractivity contribution in [1.82, 2.24) is 0 Å². The third-order valence-electron chi connectivity index (χ3n) is 8.42. The van der Waals surface area contributed by atoms with Gasteiger partial charge in [-0.3, -0.25) is 0 Å². The molecule has 166 valence electrons. The summed E-state index contributed by atoms with van der Waals surface area (Å²) in [7, 11) is 0. The van der Waals surface area contributed by atoms with Gasteiger partial charge in [-0.1, -0.05) is 69.4 Å². The van der Waals surface area contributed by atoms with Gasteiger partial charge in [0.05, 0.1) is 12.2 Å². The topological polar surface area (TPSA) is 40.5 Å². The summed E-state index contributed by atoms with van der Waals surface area (Å²) in [6.07, 6.45) is 15.5. The van der Waals surface area contributed by atoms with E-state index < -0.39 is 12.2 Å². The highest BCUT2D eigenvalue weighted by molar-refractivity contribution is 5.38. The maximum Gasteiger partial charge on any atom is 0.0811 e. The van der Waals surface area contributed by atoms with Gasteiger partial charge >= 0.3 is 0 Å². The van der Waals surface area contributed by atoms with Crippen molar-refractivity contribution in [2.75, 3.05) is 0 Å². The predicted molar refractivity (Wildman–Crippen MR) is 127 cm³/mol. The molecule has 3 saturated carbocycles. The Morgan fingerprint density at radius 1 is 1.17 bits per heavy atom. The Morgan fingerprint density at radius 3 is 2.60 bits per heavy atom. The Bertz CT molecular complexity index is 755. The Hall–Kier alpha value is -1.38. The number of hydrogen-bond donors (Lipinski definition) is 2. The molecule has 2 nitrogen and oxygen atoms in total. The number of allylic oxidation sites excluding steroid dienone is 6. The summed E-state index contributed by atoms with van der Waals surface area (Å²) in [4.78, 5) is 0. The maximum atomic E-state index is 10.1. The van der Waals surface area contributed by atoms with Gasteiger partial charge < -0.3 is 10.2 Å². The molecule has 3 rings (SSSR count). The van der Waals surface area contributed by atoms with Crippen LogP contribution in [-0.2, 0) is 0 Å². The predicted octanol–water partition coefficient (Wildman–Crippen LogP) is 6.53. The molecule has 2 N–H and O–H groups in total. The minimum absolute atomic E-state index is 0.363. The van der Waals surface area contributed by atoms with E-state index in [4.69, 9.17) is 0 Å². The van der Waals surface area contributed by atoms with E-state index in [9.17, 15) is 10.2 Å². The Morgan fingerprint density at radius 2 is 1.90 bits per heavy atom. The fourth-order valence-corrected chi connectivity index (χ4v) is 6.25. The molecule has 3 aliphatic rings. The number of aliphatic hydroxyl groups excluding tert-OH is 2. The Balaban J connectivity index is 1.77. The minimum Gasteiger partial charge on any atom is -0.393 e. The Kier molecular flexibility index (Phi) is 7.30. The van der Waals surface area contributed by atoms with Crippen LogP contribution in [0.25, 0.3) is 0 Å². The molecular weight excluding hydrogens is 368 g/mol. The molecule has 0 bridgehead atoms. The number of rotatable bonds is 5. The van der Waals surface area contributed by atoms with E-state index in [2.05, 4.69) is 65.2 Å². The van der Waals surface area contributed by atoms with E-state index in [0.717, 1.165) is 17.1 Å².